The Morgan fingerprint density at radius 2 is 1.92 bits per heavy atom. The summed E-state index contributed by atoms with van der Waals surface area (Å²) < 4.78 is 0. The zero-order chi connectivity index (χ0) is 9.59. The molecule has 2 N–H and O–H groups in total. The fraction of sp³-hybridized carbons (Fsp3) is 0.714. The normalized spacial score (nSPS) is 31.8. The van der Waals surface area contributed by atoms with E-state index in [1.54, 1.807) is 11.9 Å². The van der Waals surface area contributed by atoms with E-state index >= 15 is 0 Å². The summed E-state index contributed by atoms with van der Waals surface area (Å²) in [6.45, 7) is 2.49. The fourth-order valence-electron chi connectivity index (χ4n) is 1.80. The first-order valence-corrected chi connectivity index (χ1v) is 4.25. The molecule has 2 heterocycles. The van der Waals surface area contributed by atoms with Crippen molar-refractivity contribution >= 4 is 12.1 Å². The molecular weight excluding hydrogens is 172 g/mol. The Labute approximate surface area is 75.9 Å². The third-order valence-corrected chi connectivity index (χ3v) is 2.50. The number of hydrogen-bond acceptors (Lipinski definition) is 2. The summed E-state index contributed by atoms with van der Waals surface area (Å²) in [5, 5.41) is 5.36. The van der Waals surface area contributed by atoms with Crippen LogP contribution in [0, 0.1) is 0 Å². The second kappa shape index (κ2) is 2.51. The number of fused-ring (bicyclic) bond motifs is 1. The maximum atomic E-state index is 11.5. The molecule has 6 nitrogen and oxygen atoms in total. The SMILES string of the molecule is CCN1C(=O)N(C)C2NC(=O)NC21. The molecule has 2 atom stereocenters. The van der Waals surface area contributed by atoms with Gasteiger partial charge in [-0.1, -0.05) is 0 Å². The average Bonchev–Trinajstić information content (AvgIpc) is 2.54. The highest BCUT2D eigenvalue weighted by Crippen LogP contribution is 2.20. The van der Waals surface area contributed by atoms with Crippen LogP contribution in [-0.4, -0.2) is 47.8 Å². The third-order valence-electron chi connectivity index (χ3n) is 2.50. The first-order valence-electron chi connectivity index (χ1n) is 4.25. The number of likely N-dealkylation sites (N-methyl/N-ethyl adjacent to an activating group) is 2. The van der Waals surface area contributed by atoms with Crippen molar-refractivity contribution in [3.63, 3.8) is 0 Å². The van der Waals surface area contributed by atoms with Crippen molar-refractivity contribution in [1.82, 2.24) is 20.4 Å². The predicted octanol–water partition coefficient (Wildman–Crippen LogP) is -0.661. The van der Waals surface area contributed by atoms with Crippen LogP contribution in [0.2, 0.25) is 0 Å². The lowest BCUT2D eigenvalue weighted by Gasteiger charge is -2.18. The van der Waals surface area contributed by atoms with E-state index in [4.69, 9.17) is 0 Å². The number of nitrogens with zero attached hydrogens (tertiary/aromatic N) is 2. The zero-order valence-corrected chi connectivity index (χ0v) is 7.57. The van der Waals surface area contributed by atoms with Gasteiger partial charge in [0.05, 0.1) is 0 Å². The summed E-state index contributed by atoms with van der Waals surface area (Å²) in [6.07, 6.45) is -0.435. The van der Waals surface area contributed by atoms with Crippen molar-refractivity contribution < 1.29 is 9.59 Å². The molecule has 0 spiro atoms. The maximum Gasteiger partial charge on any atom is 0.323 e. The molecule has 2 fully saturated rings. The van der Waals surface area contributed by atoms with Crippen LogP contribution in [0.15, 0.2) is 0 Å². The molecule has 2 saturated heterocycles. The molecular formula is C7H12N4O2. The Bertz CT molecular complexity index is 267. The van der Waals surface area contributed by atoms with Crippen molar-refractivity contribution in [2.75, 3.05) is 13.6 Å². The topological polar surface area (TPSA) is 64.7 Å². The number of carbonyl (C=O) groups is 2. The van der Waals surface area contributed by atoms with E-state index < -0.39 is 0 Å². The van der Waals surface area contributed by atoms with Crippen LogP contribution in [0.25, 0.3) is 0 Å². The van der Waals surface area contributed by atoms with Gasteiger partial charge in [-0.2, -0.15) is 0 Å². The second-order valence-corrected chi connectivity index (χ2v) is 3.19. The van der Waals surface area contributed by atoms with E-state index in [1.807, 2.05) is 6.92 Å². The lowest BCUT2D eigenvalue weighted by molar-refractivity contribution is 0.186. The molecule has 72 valence electrons. The Kier molecular flexibility index (Phi) is 1.58. The number of urea groups is 2. The van der Waals surface area contributed by atoms with Gasteiger partial charge < -0.3 is 20.4 Å². The standard InChI is InChI=1S/C7H12N4O2/c1-3-11-5-4(8-6(12)9-5)10(2)7(11)13/h4-5H,3H2,1-2H3,(H2,8,9,12). The van der Waals surface area contributed by atoms with Gasteiger partial charge in [-0.15, -0.1) is 0 Å². The average molecular weight is 184 g/mol. The van der Waals surface area contributed by atoms with Crippen LogP contribution in [0.4, 0.5) is 9.59 Å². The Balaban J connectivity index is 2.24. The fourth-order valence-corrected chi connectivity index (χ4v) is 1.80. The van der Waals surface area contributed by atoms with Gasteiger partial charge in [-0.25, -0.2) is 9.59 Å². The van der Waals surface area contributed by atoms with Crippen molar-refractivity contribution in [2.24, 2.45) is 0 Å². The minimum atomic E-state index is -0.222. The van der Waals surface area contributed by atoms with Crippen LogP contribution in [0.5, 0.6) is 0 Å². The van der Waals surface area contributed by atoms with E-state index in [2.05, 4.69) is 10.6 Å². The highest BCUT2D eigenvalue weighted by molar-refractivity contribution is 5.84. The molecule has 13 heavy (non-hydrogen) atoms. The number of hydrogen-bond donors (Lipinski definition) is 2. The largest absolute Gasteiger partial charge is 0.323 e. The smallest absolute Gasteiger partial charge is 0.314 e. The van der Waals surface area contributed by atoms with Crippen molar-refractivity contribution in [1.29, 1.82) is 0 Å². The summed E-state index contributed by atoms with van der Waals surface area (Å²) in [5.74, 6) is 0. The van der Waals surface area contributed by atoms with E-state index in [0.717, 1.165) is 0 Å². The first kappa shape index (κ1) is 8.15. The highest BCUT2D eigenvalue weighted by Gasteiger charge is 2.48. The minimum Gasteiger partial charge on any atom is -0.314 e. The van der Waals surface area contributed by atoms with Crippen molar-refractivity contribution in [3.05, 3.63) is 0 Å². The zero-order valence-electron chi connectivity index (χ0n) is 7.57. The Hall–Kier alpha value is -1.46. The van der Waals surface area contributed by atoms with Crippen molar-refractivity contribution in [2.45, 2.75) is 19.3 Å². The predicted molar refractivity (Wildman–Crippen MR) is 44.8 cm³/mol. The molecule has 0 aliphatic carbocycles. The number of rotatable bonds is 1. The van der Waals surface area contributed by atoms with Gasteiger partial charge in [-0.05, 0) is 6.92 Å². The van der Waals surface area contributed by atoms with Gasteiger partial charge in [0, 0.05) is 13.6 Å². The van der Waals surface area contributed by atoms with Gasteiger partial charge >= 0.3 is 12.1 Å². The van der Waals surface area contributed by atoms with Crippen LogP contribution in [0.1, 0.15) is 6.92 Å². The highest BCUT2D eigenvalue weighted by atomic mass is 16.2. The molecule has 0 saturated carbocycles. The summed E-state index contributed by atoms with van der Waals surface area (Å²) in [4.78, 5) is 25.7. The second-order valence-electron chi connectivity index (χ2n) is 3.19. The number of amides is 4. The first-order chi connectivity index (χ1) is 6.15. The van der Waals surface area contributed by atoms with E-state index in [-0.39, 0.29) is 24.4 Å². The van der Waals surface area contributed by atoms with Crippen molar-refractivity contribution in [3.8, 4) is 0 Å². The quantitative estimate of drug-likeness (QED) is 0.568. The summed E-state index contributed by atoms with van der Waals surface area (Å²) in [7, 11) is 1.68. The number of carbonyl (C=O) groups excluding carboxylic acids is 2. The molecule has 0 bridgehead atoms. The molecule has 0 aromatic carbocycles. The molecule has 0 radical (unpaired) electrons. The Morgan fingerprint density at radius 1 is 1.31 bits per heavy atom. The van der Waals surface area contributed by atoms with Crippen LogP contribution in [-0.2, 0) is 0 Å². The molecule has 6 heteroatoms. The maximum absolute atomic E-state index is 11.5. The Morgan fingerprint density at radius 3 is 2.54 bits per heavy atom. The summed E-state index contributed by atoms with van der Waals surface area (Å²) >= 11 is 0. The number of nitrogens with one attached hydrogen (secondary N) is 2. The van der Waals surface area contributed by atoms with E-state index in [9.17, 15) is 9.59 Å². The lowest BCUT2D eigenvalue weighted by Crippen LogP contribution is -2.43. The van der Waals surface area contributed by atoms with Crippen LogP contribution in [0.3, 0.4) is 0 Å². The van der Waals surface area contributed by atoms with Crippen LogP contribution >= 0.6 is 0 Å². The molecule has 2 unspecified atom stereocenters. The van der Waals surface area contributed by atoms with Gasteiger partial charge in [0.1, 0.15) is 12.3 Å². The van der Waals surface area contributed by atoms with Gasteiger partial charge in [0.25, 0.3) is 0 Å². The molecule has 2 rings (SSSR count). The third kappa shape index (κ3) is 0.944. The minimum absolute atomic E-state index is 0.0509. The van der Waals surface area contributed by atoms with E-state index in [0.29, 0.717) is 6.54 Å². The summed E-state index contributed by atoms with van der Waals surface area (Å²) in [6, 6.07) is -0.266. The molecule has 2 aliphatic rings. The van der Waals surface area contributed by atoms with Gasteiger partial charge in [0.15, 0.2) is 0 Å². The van der Waals surface area contributed by atoms with Crippen LogP contribution < -0.4 is 10.6 Å². The molecule has 4 amide bonds. The summed E-state index contributed by atoms with van der Waals surface area (Å²) in [5.41, 5.74) is 0. The molecule has 0 aromatic heterocycles. The van der Waals surface area contributed by atoms with E-state index in [1.165, 1.54) is 4.90 Å². The monoisotopic (exact) mass is 184 g/mol. The van der Waals surface area contributed by atoms with Gasteiger partial charge in [0.2, 0.25) is 0 Å². The van der Waals surface area contributed by atoms with Gasteiger partial charge in [-0.3, -0.25) is 0 Å². The lowest BCUT2D eigenvalue weighted by atomic mass is 10.4. The molecule has 2 aliphatic heterocycles. The molecule has 0 aromatic rings.